The summed E-state index contributed by atoms with van der Waals surface area (Å²) in [5.74, 6) is 0. The number of nitro groups is 1. The molecule has 0 saturated carbocycles. The SMILES string of the molecule is CNc1cc(C(C)OP(=O)(N2CC2)N2CC2)ccc1[N+](=O)[O-]. The Morgan fingerprint density at radius 1 is 1.32 bits per heavy atom. The molecule has 0 aromatic heterocycles. The van der Waals surface area contributed by atoms with Gasteiger partial charge in [-0.2, -0.15) is 0 Å². The smallest absolute Gasteiger partial charge is 0.346 e. The Bertz CT molecular complexity index is 629. The number of nitro benzene ring substituents is 1. The van der Waals surface area contributed by atoms with E-state index < -0.39 is 18.7 Å². The van der Waals surface area contributed by atoms with Crippen molar-refractivity contribution in [1.29, 1.82) is 0 Å². The zero-order chi connectivity index (χ0) is 15.9. The summed E-state index contributed by atoms with van der Waals surface area (Å²) in [6.45, 7) is 5.00. The van der Waals surface area contributed by atoms with E-state index in [4.69, 9.17) is 4.52 Å². The number of anilines is 1. The van der Waals surface area contributed by atoms with Crippen LogP contribution in [0.4, 0.5) is 11.4 Å². The highest BCUT2D eigenvalue weighted by Crippen LogP contribution is 2.63. The fraction of sp³-hybridized carbons (Fsp3) is 0.538. The number of nitrogens with zero attached hydrogens (tertiary/aromatic N) is 3. The van der Waals surface area contributed by atoms with E-state index in [1.807, 2.05) is 16.3 Å². The highest BCUT2D eigenvalue weighted by atomic mass is 31.2. The van der Waals surface area contributed by atoms with Crippen LogP contribution in [0.5, 0.6) is 0 Å². The lowest BCUT2D eigenvalue weighted by atomic mass is 10.1. The fourth-order valence-corrected chi connectivity index (χ4v) is 4.69. The normalized spacial score (nSPS) is 19.7. The quantitative estimate of drug-likeness (QED) is 0.356. The van der Waals surface area contributed by atoms with Crippen molar-refractivity contribution in [2.75, 3.05) is 38.5 Å². The minimum atomic E-state index is -2.90. The summed E-state index contributed by atoms with van der Waals surface area (Å²) in [5.41, 5.74) is 1.20. The summed E-state index contributed by atoms with van der Waals surface area (Å²) in [6, 6.07) is 4.77. The van der Waals surface area contributed by atoms with Gasteiger partial charge in [0.1, 0.15) is 5.69 Å². The lowest BCUT2D eigenvalue weighted by Crippen LogP contribution is -2.11. The summed E-state index contributed by atoms with van der Waals surface area (Å²) in [4.78, 5) is 10.5. The Balaban J connectivity index is 1.81. The van der Waals surface area contributed by atoms with Crippen LogP contribution in [-0.2, 0) is 9.09 Å². The van der Waals surface area contributed by atoms with Gasteiger partial charge in [-0.25, -0.2) is 9.34 Å². The van der Waals surface area contributed by atoms with Crippen molar-refractivity contribution in [3.63, 3.8) is 0 Å². The fourth-order valence-electron chi connectivity index (χ4n) is 2.34. The summed E-state index contributed by atoms with van der Waals surface area (Å²) in [7, 11) is -1.27. The van der Waals surface area contributed by atoms with Crippen LogP contribution in [0.3, 0.4) is 0 Å². The molecule has 120 valence electrons. The van der Waals surface area contributed by atoms with Gasteiger partial charge in [-0.15, -0.1) is 0 Å². The number of hydrogen-bond acceptors (Lipinski definition) is 5. The molecule has 2 aliphatic rings. The molecule has 2 fully saturated rings. The summed E-state index contributed by atoms with van der Waals surface area (Å²) >= 11 is 0. The third-order valence-electron chi connectivity index (χ3n) is 3.81. The van der Waals surface area contributed by atoms with Gasteiger partial charge >= 0.3 is 7.67 Å². The zero-order valence-electron chi connectivity index (χ0n) is 12.6. The lowest BCUT2D eigenvalue weighted by molar-refractivity contribution is -0.384. The third-order valence-corrected chi connectivity index (χ3v) is 6.63. The van der Waals surface area contributed by atoms with Crippen molar-refractivity contribution in [2.24, 2.45) is 0 Å². The molecule has 0 amide bonds. The molecular weight excluding hydrogens is 307 g/mol. The van der Waals surface area contributed by atoms with E-state index in [-0.39, 0.29) is 5.69 Å². The van der Waals surface area contributed by atoms with Crippen LogP contribution in [0.2, 0.25) is 0 Å². The maximum atomic E-state index is 13.0. The number of hydrogen-bond donors (Lipinski definition) is 1. The first-order valence-electron chi connectivity index (χ1n) is 7.21. The maximum Gasteiger partial charge on any atom is 0.346 e. The molecule has 2 saturated heterocycles. The van der Waals surface area contributed by atoms with Crippen LogP contribution in [0, 0.1) is 10.1 Å². The van der Waals surface area contributed by atoms with Gasteiger partial charge in [0, 0.05) is 39.3 Å². The molecule has 1 aromatic carbocycles. The summed E-state index contributed by atoms with van der Waals surface area (Å²) in [6.07, 6.45) is -0.403. The first kappa shape index (κ1) is 15.4. The number of rotatable bonds is 7. The largest absolute Gasteiger partial charge is 0.383 e. The number of benzene rings is 1. The van der Waals surface area contributed by atoms with Gasteiger partial charge < -0.3 is 5.32 Å². The topological polar surface area (TPSA) is 87.5 Å². The van der Waals surface area contributed by atoms with Gasteiger partial charge in [-0.05, 0) is 24.6 Å². The molecule has 8 nitrogen and oxygen atoms in total. The minimum absolute atomic E-state index is 0.0125. The summed E-state index contributed by atoms with van der Waals surface area (Å²) < 4.78 is 22.5. The van der Waals surface area contributed by atoms with Crippen molar-refractivity contribution in [1.82, 2.24) is 9.34 Å². The van der Waals surface area contributed by atoms with Crippen molar-refractivity contribution in [3.05, 3.63) is 33.9 Å². The lowest BCUT2D eigenvalue weighted by Gasteiger charge is -2.24. The second-order valence-electron chi connectivity index (χ2n) is 5.43. The van der Waals surface area contributed by atoms with Gasteiger partial charge in [-0.1, -0.05) is 0 Å². The molecule has 0 aliphatic carbocycles. The molecule has 1 unspecified atom stereocenters. The van der Waals surface area contributed by atoms with Crippen LogP contribution in [0.1, 0.15) is 18.6 Å². The predicted molar refractivity (Wildman–Crippen MR) is 82.9 cm³/mol. The van der Waals surface area contributed by atoms with Crippen LogP contribution < -0.4 is 5.32 Å². The highest BCUT2D eigenvalue weighted by molar-refractivity contribution is 7.54. The second-order valence-corrected chi connectivity index (χ2v) is 7.75. The maximum absolute atomic E-state index is 13.0. The molecule has 1 atom stereocenters. The molecule has 1 N–H and O–H groups in total. The minimum Gasteiger partial charge on any atom is -0.383 e. The van der Waals surface area contributed by atoms with Gasteiger partial charge in [0.15, 0.2) is 0 Å². The van der Waals surface area contributed by atoms with Crippen LogP contribution in [-0.4, -0.2) is 47.5 Å². The standard InChI is InChI=1S/C13H19N4O4P/c1-10(21-22(20,15-5-6-15)16-7-8-16)11-3-4-13(17(18)19)12(9-11)14-2/h3-4,9-10,14H,5-8H2,1-2H3. The Morgan fingerprint density at radius 2 is 1.91 bits per heavy atom. The average Bonchev–Trinajstić information content (AvgIpc) is 3.37. The van der Waals surface area contributed by atoms with E-state index in [1.165, 1.54) is 6.07 Å². The molecular formula is C13H19N4O4P. The molecule has 0 spiro atoms. The van der Waals surface area contributed by atoms with Gasteiger partial charge in [-0.3, -0.25) is 19.2 Å². The molecule has 0 radical (unpaired) electrons. The first-order chi connectivity index (χ1) is 10.5. The third kappa shape index (κ3) is 2.87. The van der Waals surface area contributed by atoms with Crippen molar-refractivity contribution in [2.45, 2.75) is 13.0 Å². The first-order valence-corrected chi connectivity index (χ1v) is 8.74. The van der Waals surface area contributed by atoms with Gasteiger partial charge in [0.05, 0.1) is 11.0 Å². The summed E-state index contributed by atoms with van der Waals surface area (Å²) in [5, 5.41) is 13.8. The Kier molecular flexibility index (Phi) is 3.94. The van der Waals surface area contributed by atoms with E-state index in [9.17, 15) is 14.7 Å². The van der Waals surface area contributed by atoms with Crippen molar-refractivity contribution in [3.8, 4) is 0 Å². The second kappa shape index (κ2) is 5.62. The predicted octanol–water partition coefficient (Wildman–Crippen LogP) is 2.45. The monoisotopic (exact) mass is 326 g/mol. The van der Waals surface area contributed by atoms with Crippen LogP contribution in [0.15, 0.2) is 18.2 Å². The Labute approximate surface area is 128 Å². The molecule has 1 aromatic rings. The number of nitrogens with one attached hydrogen (secondary N) is 1. The zero-order valence-corrected chi connectivity index (χ0v) is 13.5. The Morgan fingerprint density at radius 3 is 2.36 bits per heavy atom. The van der Waals surface area contributed by atoms with Gasteiger partial charge in [0.25, 0.3) is 5.69 Å². The highest BCUT2D eigenvalue weighted by Gasteiger charge is 2.50. The van der Waals surface area contributed by atoms with E-state index >= 15 is 0 Å². The molecule has 2 heterocycles. The van der Waals surface area contributed by atoms with E-state index in [0.29, 0.717) is 5.69 Å². The molecule has 9 heteroatoms. The average molecular weight is 326 g/mol. The van der Waals surface area contributed by atoms with E-state index in [1.54, 1.807) is 19.2 Å². The van der Waals surface area contributed by atoms with E-state index in [0.717, 1.165) is 31.7 Å². The van der Waals surface area contributed by atoms with Crippen LogP contribution >= 0.6 is 7.67 Å². The molecule has 0 bridgehead atoms. The molecule has 22 heavy (non-hydrogen) atoms. The van der Waals surface area contributed by atoms with Crippen molar-refractivity contribution < 1.29 is 14.0 Å². The Hall–Kier alpha value is -1.47. The van der Waals surface area contributed by atoms with Crippen molar-refractivity contribution >= 4 is 19.0 Å². The van der Waals surface area contributed by atoms with Crippen LogP contribution in [0.25, 0.3) is 0 Å². The van der Waals surface area contributed by atoms with Gasteiger partial charge in [0.2, 0.25) is 0 Å². The molecule has 2 aliphatic heterocycles. The van der Waals surface area contributed by atoms with E-state index in [2.05, 4.69) is 5.32 Å². The molecule has 3 rings (SSSR count).